The highest BCUT2D eigenvalue weighted by Crippen LogP contribution is 2.46. The lowest BCUT2D eigenvalue weighted by Crippen LogP contribution is -2.14. The minimum atomic E-state index is 0.0604. The van der Waals surface area contributed by atoms with Crippen LogP contribution < -0.4 is 15.1 Å². The van der Waals surface area contributed by atoms with E-state index in [-0.39, 0.29) is 8.07 Å². The molecule has 0 aromatic heterocycles. The number of rotatable bonds is 2. The molecule has 0 aliphatic carbocycles. The van der Waals surface area contributed by atoms with E-state index in [1.807, 2.05) is 0 Å². The van der Waals surface area contributed by atoms with Gasteiger partial charge in [-0.3, -0.25) is 0 Å². The van der Waals surface area contributed by atoms with Crippen molar-refractivity contribution in [3.8, 4) is 0 Å². The van der Waals surface area contributed by atoms with Crippen LogP contribution in [0.15, 0.2) is 46.2 Å². The summed E-state index contributed by atoms with van der Waals surface area (Å²) in [5.41, 5.74) is 4.95. The monoisotopic (exact) mass is 412 g/mol. The lowest BCUT2D eigenvalue weighted by Gasteiger charge is -2.22. The van der Waals surface area contributed by atoms with Crippen LogP contribution >= 0.6 is 21.2 Å². The van der Waals surface area contributed by atoms with Crippen molar-refractivity contribution >= 4 is 52.0 Å². The number of hydrogen-bond acceptors (Lipinski definition) is 3. The maximum Gasteiger partial charge on any atom is 0.264 e. The number of halogens is 1. The normalized spacial score (nSPS) is 13.2. The summed E-state index contributed by atoms with van der Waals surface area (Å²) in [5.74, 6) is 0. The number of anilines is 4. The number of fused-ring (bicyclic) bond motifs is 2. The lowest BCUT2D eigenvalue weighted by atomic mass is 10.2. The first-order chi connectivity index (χ1) is 9.97. The molecule has 21 heavy (non-hydrogen) atoms. The summed E-state index contributed by atoms with van der Waals surface area (Å²) in [5, 5.41) is 3.57. The molecule has 1 heterocycles. The third-order valence-corrected chi connectivity index (χ3v) is 7.91. The van der Waals surface area contributed by atoms with Gasteiger partial charge in [0.15, 0.2) is 9.79 Å². The highest BCUT2D eigenvalue weighted by Gasteiger charge is 2.34. The molecule has 2 aromatic carbocycles. The van der Waals surface area contributed by atoms with Crippen LogP contribution in [0, 0.1) is 0 Å². The topological polar surface area (TPSA) is 18.5 Å². The second kappa shape index (κ2) is 5.61. The van der Waals surface area contributed by atoms with Crippen molar-refractivity contribution in [3.05, 3.63) is 36.4 Å². The van der Waals surface area contributed by atoms with E-state index in [0.717, 1.165) is 0 Å². The average Bonchev–Trinajstić information content (AvgIpc) is 2.46. The number of benzene rings is 2. The van der Waals surface area contributed by atoms with Gasteiger partial charge in [-0.1, -0.05) is 0 Å². The highest BCUT2D eigenvalue weighted by atomic mass is 127. The van der Waals surface area contributed by atoms with E-state index in [1.54, 1.807) is 0 Å². The molecule has 0 saturated carbocycles. The van der Waals surface area contributed by atoms with Crippen LogP contribution in [0.5, 0.6) is 0 Å². The van der Waals surface area contributed by atoms with Crippen molar-refractivity contribution in [3.63, 3.8) is 0 Å². The Morgan fingerprint density at radius 3 is 1.62 bits per heavy atom. The quantitative estimate of drug-likeness (QED) is 0.588. The van der Waals surface area contributed by atoms with Gasteiger partial charge in [-0.2, -0.15) is 0 Å². The molecule has 5 heteroatoms. The molecule has 2 aromatic rings. The van der Waals surface area contributed by atoms with Gasteiger partial charge in [0.2, 0.25) is 0 Å². The van der Waals surface area contributed by atoms with Crippen LogP contribution in [-0.2, 0) is 8.07 Å². The highest BCUT2D eigenvalue weighted by molar-refractivity contribution is 14.2. The first-order valence-corrected chi connectivity index (χ1v) is 10.5. The Labute approximate surface area is 141 Å². The standard InChI is InChI=1S/C16H19IN3S/c1-19(2)11-5-7-13-15(9-11)21(17)16-10-12(20(3)4)6-8-14(16)18-13/h5-10,18H,1-4H3/q+1. The van der Waals surface area contributed by atoms with Crippen LogP contribution in [-0.4, -0.2) is 28.2 Å². The molecule has 1 aliphatic heterocycles. The fraction of sp³-hybridized carbons (Fsp3) is 0.250. The Hall–Kier alpha value is -1.08. The van der Waals surface area contributed by atoms with Gasteiger partial charge in [0.1, 0.15) is 8.07 Å². The molecule has 0 fully saturated rings. The minimum Gasteiger partial charge on any atom is -0.378 e. The summed E-state index contributed by atoms with van der Waals surface area (Å²) < 4.78 is 0. The van der Waals surface area contributed by atoms with Gasteiger partial charge in [-0.25, -0.2) is 0 Å². The van der Waals surface area contributed by atoms with Gasteiger partial charge in [-0.05, 0) is 24.3 Å². The number of nitrogens with zero attached hydrogens (tertiary/aromatic N) is 2. The zero-order valence-electron chi connectivity index (χ0n) is 12.6. The third-order valence-electron chi connectivity index (χ3n) is 3.62. The molecular weight excluding hydrogens is 393 g/mol. The van der Waals surface area contributed by atoms with Gasteiger partial charge in [0, 0.05) is 51.7 Å². The number of nitrogens with one attached hydrogen (secondary N) is 1. The van der Waals surface area contributed by atoms with E-state index in [1.165, 1.54) is 32.5 Å². The molecule has 1 N–H and O–H groups in total. The van der Waals surface area contributed by atoms with E-state index in [4.69, 9.17) is 0 Å². The molecule has 0 spiro atoms. The van der Waals surface area contributed by atoms with E-state index in [2.05, 4.69) is 101 Å². The molecule has 0 saturated heterocycles. The van der Waals surface area contributed by atoms with Crippen molar-refractivity contribution in [1.29, 1.82) is 0 Å². The second-order valence-electron chi connectivity index (χ2n) is 5.53. The van der Waals surface area contributed by atoms with Crippen molar-refractivity contribution < 1.29 is 0 Å². The smallest absolute Gasteiger partial charge is 0.264 e. The predicted molar refractivity (Wildman–Crippen MR) is 103 cm³/mol. The molecule has 1 aliphatic rings. The summed E-state index contributed by atoms with van der Waals surface area (Å²) in [4.78, 5) is 7.06. The first-order valence-electron chi connectivity index (χ1n) is 6.77. The fourth-order valence-corrected chi connectivity index (χ4v) is 5.84. The Morgan fingerprint density at radius 1 is 0.810 bits per heavy atom. The van der Waals surface area contributed by atoms with Crippen LogP contribution in [0.2, 0.25) is 0 Å². The van der Waals surface area contributed by atoms with Crippen molar-refractivity contribution in [1.82, 2.24) is 0 Å². The SMILES string of the molecule is CN(C)c1ccc2c(c1)[S+](I)c1cc(N(C)C)ccc1N2. The Kier molecular flexibility index (Phi) is 3.96. The van der Waals surface area contributed by atoms with Crippen LogP contribution in [0.25, 0.3) is 0 Å². The summed E-state index contributed by atoms with van der Waals surface area (Å²) >= 11 is 2.57. The predicted octanol–water partition coefficient (Wildman–Crippen LogP) is 4.26. The summed E-state index contributed by atoms with van der Waals surface area (Å²) in [7, 11) is 8.40. The maximum absolute atomic E-state index is 3.57. The zero-order valence-corrected chi connectivity index (χ0v) is 15.6. The molecule has 0 radical (unpaired) electrons. The summed E-state index contributed by atoms with van der Waals surface area (Å²) in [6.07, 6.45) is 0. The van der Waals surface area contributed by atoms with Gasteiger partial charge in [0.25, 0.3) is 21.2 Å². The van der Waals surface area contributed by atoms with Gasteiger partial charge in [0.05, 0.1) is 11.4 Å². The molecule has 3 nitrogen and oxygen atoms in total. The van der Waals surface area contributed by atoms with Gasteiger partial charge < -0.3 is 15.1 Å². The maximum atomic E-state index is 3.57. The van der Waals surface area contributed by atoms with Crippen LogP contribution in [0.4, 0.5) is 22.7 Å². The Bertz CT molecular complexity index is 628. The third kappa shape index (κ3) is 2.68. The van der Waals surface area contributed by atoms with E-state index < -0.39 is 0 Å². The van der Waals surface area contributed by atoms with Crippen molar-refractivity contribution in [2.45, 2.75) is 9.79 Å². The minimum absolute atomic E-state index is 0.0604. The van der Waals surface area contributed by atoms with E-state index >= 15 is 0 Å². The van der Waals surface area contributed by atoms with Gasteiger partial charge >= 0.3 is 0 Å². The van der Waals surface area contributed by atoms with Crippen molar-refractivity contribution in [2.75, 3.05) is 43.3 Å². The first kappa shape index (κ1) is 14.8. The van der Waals surface area contributed by atoms with Crippen LogP contribution in [0.1, 0.15) is 0 Å². The van der Waals surface area contributed by atoms with E-state index in [0.29, 0.717) is 0 Å². The largest absolute Gasteiger partial charge is 0.378 e. The molecule has 0 amide bonds. The molecule has 0 bridgehead atoms. The average molecular weight is 412 g/mol. The molecule has 0 atom stereocenters. The molecular formula is C16H19IN3S+. The molecule has 3 rings (SSSR count). The molecule has 0 unspecified atom stereocenters. The Balaban J connectivity index is 2.07. The Morgan fingerprint density at radius 2 is 1.24 bits per heavy atom. The summed E-state index contributed by atoms with van der Waals surface area (Å²) in [6, 6.07) is 13.3. The lowest BCUT2D eigenvalue weighted by molar-refractivity contribution is 1.11. The summed E-state index contributed by atoms with van der Waals surface area (Å²) in [6.45, 7) is 0. The van der Waals surface area contributed by atoms with Crippen molar-refractivity contribution in [2.24, 2.45) is 0 Å². The zero-order chi connectivity index (χ0) is 15.1. The molecule has 110 valence electrons. The fourth-order valence-electron chi connectivity index (χ4n) is 2.35. The number of hydrogen-bond donors (Lipinski definition) is 1. The van der Waals surface area contributed by atoms with E-state index in [9.17, 15) is 0 Å². The second-order valence-corrected chi connectivity index (χ2v) is 9.57. The van der Waals surface area contributed by atoms with Gasteiger partial charge in [-0.15, -0.1) is 0 Å². The van der Waals surface area contributed by atoms with Crippen LogP contribution in [0.3, 0.4) is 0 Å².